The first kappa shape index (κ1) is 46.8. The third-order valence-electron chi connectivity index (χ3n) is 8.40. The molecule has 0 radical (unpaired) electrons. The van der Waals surface area contributed by atoms with E-state index >= 15 is 0 Å². The Morgan fingerprint density at radius 3 is 1.64 bits per heavy atom. The van der Waals surface area contributed by atoms with Gasteiger partial charge in [0.15, 0.2) is 0 Å². The lowest BCUT2D eigenvalue weighted by molar-refractivity contribution is -0.275. The zero-order valence-corrected chi connectivity index (χ0v) is 35.5. The molecule has 0 fully saturated rings. The van der Waals surface area contributed by atoms with Crippen molar-refractivity contribution in [2.45, 2.75) is 89.6 Å². The van der Waals surface area contributed by atoms with Crippen LogP contribution in [0.15, 0.2) is 126 Å². The second-order valence-corrected chi connectivity index (χ2v) is 19.4. The predicted octanol–water partition coefficient (Wildman–Crippen LogP) is 11.0. The lowest BCUT2D eigenvalue weighted by Gasteiger charge is -2.38. The summed E-state index contributed by atoms with van der Waals surface area (Å²) < 4.78 is 117. The second-order valence-electron chi connectivity index (χ2n) is 15.6. The minimum absolute atomic E-state index is 0.259. The molecule has 59 heavy (non-hydrogen) atoms. The number of halogens is 6. The summed E-state index contributed by atoms with van der Waals surface area (Å²) in [4.78, 5) is 4.44. The number of aryl methyl sites for hydroxylation is 2. The van der Waals surface area contributed by atoms with E-state index in [1.54, 1.807) is 51.2 Å². The van der Waals surface area contributed by atoms with Crippen LogP contribution >= 0.6 is 0 Å². The summed E-state index contributed by atoms with van der Waals surface area (Å²) in [5.41, 5.74) is 4.15. The molecule has 7 nitrogen and oxygen atoms in total. The van der Waals surface area contributed by atoms with Crippen LogP contribution in [0, 0.1) is 13.8 Å². The van der Waals surface area contributed by atoms with Crippen molar-refractivity contribution < 1.29 is 44.2 Å². The third-order valence-corrected chi connectivity index (χ3v) is 11.4. The molecular formula is C44H47F6N3O4S2. The molecule has 5 rings (SSSR count). The van der Waals surface area contributed by atoms with Gasteiger partial charge in [-0.05, 0) is 109 Å². The summed E-state index contributed by atoms with van der Waals surface area (Å²) >= 11 is 0. The van der Waals surface area contributed by atoms with Gasteiger partial charge in [0.25, 0.3) is 0 Å². The van der Waals surface area contributed by atoms with Gasteiger partial charge in [-0.25, -0.2) is 13.1 Å². The fourth-order valence-electron chi connectivity index (χ4n) is 5.60. The number of hydrogen-bond acceptors (Lipinski definition) is 5. The first-order valence-electron chi connectivity index (χ1n) is 18.3. The third kappa shape index (κ3) is 14.1. The molecule has 4 aromatic carbocycles. The van der Waals surface area contributed by atoms with Gasteiger partial charge in [-0.2, -0.15) is 4.40 Å². The lowest BCUT2D eigenvalue weighted by Crippen LogP contribution is -2.50. The Hall–Kier alpha value is -4.86. The summed E-state index contributed by atoms with van der Waals surface area (Å²) in [5, 5.41) is 0. The van der Waals surface area contributed by atoms with Gasteiger partial charge in [-0.15, -0.1) is 26.3 Å². The molecule has 1 aromatic heterocycles. The van der Waals surface area contributed by atoms with E-state index in [4.69, 9.17) is 0 Å². The summed E-state index contributed by atoms with van der Waals surface area (Å²) in [6.45, 7) is 14.7. The van der Waals surface area contributed by atoms with Gasteiger partial charge >= 0.3 is 12.7 Å². The van der Waals surface area contributed by atoms with Crippen molar-refractivity contribution in [1.29, 1.82) is 0 Å². The molecule has 3 atom stereocenters. The van der Waals surface area contributed by atoms with Crippen molar-refractivity contribution in [3.63, 3.8) is 0 Å². The molecule has 0 aliphatic rings. The molecule has 316 valence electrons. The molecule has 15 heteroatoms. The van der Waals surface area contributed by atoms with Gasteiger partial charge in [0.1, 0.15) is 22.5 Å². The van der Waals surface area contributed by atoms with E-state index in [0.29, 0.717) is 28.1 Å². The van der Waals surface area contributed by atoms with Crippen LogP contribution in [0.3, 0.4) is 0 Å². The van der Waals surface area contributed by atoms with Gasteiger partial charge in [0.2, 0.25) is 0 Å². The first-order chi connectivity index (χ1) is 27.3. The van der Waals surface area contributed by atoms with Gasteiger partial charge in [0, 0.05) is 29.4 Å². The lowest BCUT2D eigenvalue weighted by atomic mass is 9.79. The van der Waals surface area contributed by atoms with Crippen LogP contribution in [0.1, 0.15) is 80.6 Å². The Morgan fingerprint density at radius 2 is 1.14 bits per heavy atom. The van der Waals surface area contributed by atoms with Crippen molar-refractivity contribution in [3.05, 3.63) is 161 Å². The van der Waals surface area contributed by atoms with Crippen molar-refractivity contribution in [1.82, 2.24) is 9.71 Å². The van der Waals surface area contributed by atoms with Crippen LogP contribution in [0.5, 0.6) is 11.5 Å². The smallest absolute Gasteiger partial charge is 0.406 e. The maximum absolute atomic E-state index is 13.4. The quantitative estimate of drug-likeness (QED) is 0.106. The van der Waals surface area contributed by atoms with Crippen LogP contribution < -0.4 is 14.2 Å². The molecule has 0 bridgehead atoms. The number of alkyl halides is 6. The number of pyridine rings is 1. The molecule has 0 aliphatic heterocycles. The maximum atomic E-state index is 13.4. The van der Waals surface area contributed by atoms with Crippen molar-refractivity contribution in [2.75, 3.05) is 0 Å². The SMILES string of the molecule is Cc1cccc(C(=N[S@](=O)C(C)(C)C)c2cccc(OC(F)(F)F)c2)c1.Cc1cccc(C(Cc2ccccn2)(N[S@](=O)C(C)(C)C)c2cccc(OC(F)(F)F)c2)c1. The second kappa shape index (κ2) is 19.0. The van der Waals surface area contributed by atoms with E-state index < -0.39 is 49.7 Å². The van der Waals surface area contributed by atoms with E-state index in [0.717, 1.165) is 16.7 Å². The van der Waals surface area contributed by atoms with Crippen LogP contribution in [-0.2, 0) is 33.9 Å². The largest absolute Gasteiger partial charge is 0.573 e. The number of ether oxygens (including phenoxy) is 2. The zero-order valence-electron chi connectivity index (χ0n) is 33.9. The van der Waals surface area contributed by atoms with E-state index in [1.807, 2.05) is 89.2 Å². The number of rotatable bonds is 11. The molecular weight excluding hydrogens is 813 g/mol. The fourth-order valence-corrected chi connectivity index (χ4v) is 7.19. The molecule has 1 unspecified atom stereocenters. The topological polar surface area (TPSA) is 89.9 Å². The van der Waals surface area contributed by atoms with Crippen molar-refractivity contribution >= 4 is 27.7 Å². The molecule has 0 saturated carbocycles. The minimum Gasteiger partial charge on any atom is -0.406 e. The van der Waals surface area contributed by atoms with E-state index in [1.165, 1.54) is 36.4 Å². The Kier molecular flexibility index (Phi) is 15.1. The highest BCUT2D eigenvalue weighted by atomic mass is 32.2. The average Bonchev–Trinajstić information content (AvgIpc) is 3.12. The highest BCUT2D eigenvalue weighted by Gasteiger charge is 2.40. The number of aromatic nitrogens is 1. The average molecular weight is 860 g/mol. The van der Waals surface area contributed by atoms with Crippen molar-refractivity contribution in [2.24, 2.45) is 4.40 Å². The molecule has 5 aromatic rings. The predicted molar refractivity (Wildman–Crippen MR) is 222 cm³/mol. The molecule has 0 spiro atoms. The number of hydrogen-bond donors (Lipinski definition) is 1. The molecule has 0 saturated heterocycles. The number of nitrogens with one attached hydrogen (secondary N) is 1. The maximum Gasteiger partial charge on any atom is 0.573 e. The Labute approximate surface area is 346 Å². The van der Waals surface area contributed by atoms with Gasteiger partial charge < -0.3 is 9.47 Å². The van der Waals surface area contributed by atoms with Crippen LogP contribution in [0.4, 0.5) is 26.3 Å². The van der Waals surface area contributed by atoms with Crippen LogP contribution in [-0.4, -0.2) is 41.3 Å². The number of nitrogens with zero attached hydrogens (tertiary/aromatic N) is 2. The highest BCUT2D eigenvalue weighted by molar-refractivity contribution is 7.85. The van der Waals surface area contributed by atoms with Crippen LogP contribution in [0.25, 0.3) is 0 Å². The first-order valence-corrected chi connectivity index (χ1v) is 20.6. The van der Waals surface area contributed by atoms with Gasteiger partial charge in [-0.1, -0.05) is 83.9 Å². The van der Waals surface area contributed by atoms with E-state index in [2.05, 4.69) is 23.6 Å². The minimum atomic E-state index is -4.83. The Balaban J connectivity index is 0.000000268. The molecule has 0 amide bonds. The summed E-state index contributed by atoms with van der Waals surface area (Å²) in [6.07, 6.45) is -7.70. The Bertz CT molecular complexity index is 2270. The highest BCUT2D eigenvalue weighted by Crippen LogP contribution is 2.38. The standard InChI is InChI=1S/C25H27F3N2O2S.C19H20F3NO2S/c1-18-9-7-10-19(15-18)24(30-33(31)23(2,3)4,17-21-12-5-6-14-29-21)20-11-8-13-22(16-20)32-25(26,27)28;1-13-7-5-8-14(11-13)17(23-26(24)18(2,3)4)15-9-6-10-16(12-15)25-19(20,21)22/h5-16,30H,17H2,1-4H3;5-12H,1-4H3/t24?,33-;26-/m11/s1. The Morgan fingerprint density at radius 1 is 0.627 bits per heavy atom. The molecule has 0 aliphatic carbocycles. The van der Waals surface area contributed by atoms with Crippen molar-refractivity contribution in [3.8, 4) is 11.5 Å². The summed E-state index contributed by atoms with van der Waals surface area (Å²) in [6, 6.07) is 31.7. The number of benzene rings is 4. The van der Waals surface area contributed by atoms with Gasteiger partial charge in [-0.3, -0.25) is 4.98 Å². The normalized spacial score (nSPS) is 14.6. The monoisotopic (exact) mass is 859 g/mol. The van der Waals surface area contributed by atoms with Crippen LogP contribution in [0.2, 0.25) is 0 Å². The van der Waals surface area contributed by atoms with E-state index in [-0.39, 0.29) is 17.9 Å². The zero-order chi connectivity index (χ0) is 43.8. The molecule has 1 heterocycles. The van der Waals surface area contributed by atoms with E-state index in [9.17, 15) is 34.8 Å². The summed E-state index contributed by atoms with van der Waals surface area (Å²) in [7, 11) is -3.13. The van der Waals surface area contributed by atoms with Gasteiger partial charge in [0.05, 0.1) is 31.7 Å². The fraction of sp³-hybridized carbons (Fsp3) is 0.318. The molecule has 1 N–H and O–H groups in total. The summed E-state index contributed by atoms with van der Waals surface area (Å²) in [5.74, 6) is -0.696.